The molecule has 3 N–H and O–H groups in total. The van der Waals surface area contributed by atoms with Crippen molar-refractivity contribution in [2.75, 3.05) is 5.73 Å². The maximum absolute atomic E-state index is 12.9. The van der Waals surface area contributed by atoms with E-state index in [9.17, 15) is 8.42 Å². The van der Waals surface area contributed by atoms with Gasteiger partial charge in [0.25, 0.3) is 0 Å². The summed E-state index contributed by atoms with van der Waals surface area (Å²) in [6.45, 7) is 0.455. The molecule has 0 aliphatic carbocycles. The largest absolute Gasteiger partial charge is 0.487 e. The number of ether oxygens (including phenoxy) is 1. The van der Waals surface area contributed by atoms with Gasteiger partial charge in [0.15, 0.2) is 0 Å². The summed E-state index contributed by atoms with van der Waals surface area (Å²) in [5, 5.41) is 1.55. The fourth-order valence-corrected chi connectivity index (χ4v) is 4.52. The van der Waals surface area contributed by atoms with Gasteiger partial charge in [0.1, 0.15) is 12.4 Å². The fourth-order valence-electron chi connectivity index (χ4n) is 3.29. The van der Waals surface area contributed by atoms with Gasteiger partial charge in [-0.2, -0.15) is 0 Å². The maximum atomic E-state index is 12.9. The Morgan fingerprint density at radius 3 is 2.29 bits per heavy atom. The molecule has 0 aliphatic rings. The lowest BCUT2D eigenvalue weighted by atomic mass is 10.1. The van der Waals surface area contributed by atoms with Crippen molar-refractivity contribution < 1.29 is 13.2 Å². The van der Waals surface area contributed by atoms with E-state index < -0.39 is 10.0 Å². The summed E-state index contributed by atoms with van der Waals surface area (Å²) >= 11 is 0. The number of halogens is 1. The second kappa shape index (κ2) is 9.83. The summed E-state index contributed by atoms with van der Waals surface area (Å²) in [5.41, 5.74) is 8.35. The Morgan fingerprint density at radius 2 is 1.48 bits per heavy atom. The van der Waals surface area contributed by atoms with Crippen molar-refractivity contribution in [3.63, 3.8) is 0 Å². The standard InChI is InChI=1S/C24H22N2O3S.ClH/c25-24-20(12-6-14-22(24)29-17-18-8-2-1-3-9-18)16-26-30(27,28)23-15-7-11-19-10-4-5-13-21(19)23;/h1-15,26H,16-17,25H2;1H. The van der Waals surface area contributed by atoms with Crippen molar-refractivity contribution in [1.82, 2.24) is 4.72 Å². The molecule has 0 saturated heterocycles. The van der Waals surface area contributed by atoms with E-state index in [1.165, 1.54) is 0 Å². The first kappa shape index (κ1) is 22.6. The van der Waals surface area contributed by atoms with E-state index in [-0.39, 0.29) is 23.8 Å². The van der Waals surface area contributed by atoms with Crippen LogP contribution in [-0.2, 0) is 23.2 Å². The number of nitrogen functional groups attached to an aromatic ring is 1. The molecule has 0 bridgehead atoms. The molecule has 4 aromatic carbocycles. The van der Waals surface area contributed by atoms with Crippen molar-refractivity contribution in [1.29, 1.82) is 0 Å². The molecule has 0 radical (unpaired) electrons. The number of hydrogen-bond donors (Lipinski definition) is 2. The minimum Gasteiger partial charge on any atom is -0.487 e. The van der Waals surface area contributed by atoms with Gasteiger partial charge in [-0.1, -0.05) is 78.9 Å². The van der Waals surface area contributed by atoms with Crippen molar-refractivity contribution in [2.24, 2.45) is 0 Å². The number of anilines is 1. The summed E-state index contributed by atoms with van der Waals surface area (Å²) in [7, 11) is -3.72. The van der Waals surface area contributed by atoms with Gasteiger partial charge in [-0.3, -0.25) is 0 Å². The Hall–Kier alpha value is -3.06. The Labute approximate surface area is 188 Å². The molecular weight excluding hydrogens is 432 g/mol. The van der Waals surface area contributed by atoms with E-state index in [4.69, 9.17) is 10.5 Å². The van der Waals surface area contributed by atoms with Gasteiger partial charge < -0.3 is 10.5 Å². The van der Waals surface area contributed by atoms with Gasteiger partial charge in [0.2, 0.25) is 10.0 Å². The molecule has 0 saturated carbocycles. The van der Waals surface area contributed by atoms with E-state index in [1.807, 2.05) is 54.6 Å². The summed E-state index contributed by atoms with van der Waals surface area (Å²) in [6.07, 6.45) is 0. The highest BCUT2D eigenvalue weighted by atomic mass is 35.5. The number of benzene rings is 4. The highest BCUT2D eigenvalue weighted by Gasteiger charge is 2.18. The van der Waals surface area contributed by atoms with Crippen molar-refractivity contribution >= 4 is 38.9 Å². The first-order valence-corrected chi connectivity index (χ1v) is 11.0. The third-order valence-corrected chi connectivity index (χ3v) is 6.34. The van der Waals surface area contributed by atoms with E-state index in [0.29, 0.717) is 29.0 Å². The molecule has 7 heteroatoms. The van der Waals surface area contributed by atoms with Crippen LogP contribution in [0.4, 0.5) is 5.69 Å². The molecule has 0 atom stereocenters. The Bertz CT molecular complexity index is 1270. The van der Waals surface area contributed by atoms with E-state index in [0.717, 1.165) is 10.9 Å². The smallest absolute Gasteiger partial charge is 0.241 e. The zero-order valence-corrected chi connectivity index (χ0v) is 18.3. The zero-order valence-electron chi connectivity index (χ0n) is 16.7. The average molecular weight is 455 g/mol. The molecule has 4 rings (SSSR count). The van der Waals surface area contributed by atoms with Crippen molar-refractivity contribution in [2.45, 2.75) is 18.0 Å². The Morgan fingerprint density at radius 1 is 0.806 bits per heavy atom. The predicted molar refractivity (Wildman–Crippen MR) is 127 cm³/mol. The van der Waals surface area contributed by atoms with Gasteiger partial charge in [-0.25, -0.2) is 13.1 Å². The van der Waals surface area contributed by atoms with Crippen LogP contribution in [0.3, 0.4) is 0 Å². The van der Waals surface area contributed by atoms with Crippen LogP contribution in [0.5, 0.6) is 5.75 Å². The minimum atomic E-state index is -3.72. The number of rotatable bonds is 7. The van der Waals surface area contributed by atoms with Gasteiger partial charge in [-0.05, 0) is 28.6 Å². The SMILES string of the molecule is Cl.Nc1c(CNS(=O)(=O)c2cccc3ccccc23)cccc1OCc1ccccc1. The van der Waals surface area contributed by atoms with Crippen molar-refractivity contribution in [3.05, 3.63) is 102 Å². The third-order valence-electron chi connectivity index (χ3n) is 4.89. The van der Waals surface area contributed by atoms with Gasteiger partial charge >= 0.3 is 0 Å². The van der Waals surface area contributed by atoms with E-state index in [1.54, 1.807) is 36.4 Å². The zero-order chi connectivity index (χ0) is 21.0. The molecule has 31 heavy (non-hydrogen) atoms. The van der Waals surface area contributed by atoms with Crippen LogP contribution in [0.1, 0.15) is 11.1 Å². The molecule has 0 amide bonds. The lowest BCUT2D eigenvalue weighted by Crippen LogP contribution is -2.24. The summed E-state index contributed by atoms with van der Waals surface area (Å²) < 4.78 is 34.4. The molecule has 0 aromatic heterocycles. The second-order valence-electron chi connectivity index (χ2n) is 6.91. The normalized spacial score (nSPS) is 11.1. The molecule has 5 nitrogen and oxygen atoms in total. The molecule has 160 valence electrons. The highest BCUT2D eigenvalue weighted by molar-refractivity contribution is 7.89. The maximum Gasteiger partial charge on any atom is 0.241 e. The lowest BCUT2D eigenvalue weighted by molar-refractivity contribution is 0.307. The van der Waals surface area contributed by atoms with Crippen LogP contribution in [0.15, 0.2) is 95.9 Å². The molecular formula is C24H23ClN2O3S. The minimum absolute atomic E-state index is 0. The first-order valence-electron chi connectivity index (χ1n) is 9.56. The van der Waals surface area contributed by atoms with Crippen LogP contribution in [0, 0.1) is 0 Å². The third kappa shape index (κ3) is 5.17. The number of sulfonamides is 1. The first-order chi connectivity index (χ1) is 14.5. The summed E-state index contributed by atoms with van der Waals surface area (Å²) in [6, 6.07) is 27.8. The summed E-state index contributed by atoms with van der Waals surface area (Å²) in [5.74, 6) is 0.528. The van der Waals surface area contributed by atoms with E-state index >= 15 is 0 Å². The van der Waals surface area contributed by atoms with Gasteiger partial charge in [-0.15, -0.1) is 12.4 Å². The number of para-hydroxylation sites is 1. The van der Waals surface area contributed by atoms with Crippen LogP contribution < -0.4 is 15.2 Å². The van der Waals surface area contributed by atoms with Gasteiger partial charge in [0, 0.05) is 11.9 Å². The van der Waals surface area contributed by atoms with Crippen LogP contribution in [0.2, 0.25) is 0 Å². The predicted octanol–water partition coefficient (Wildman–Crippen LogP) is 4.90. The summed E-state index contributed by atoms with van der Waals surface area (Å²) in [4.78, 5) is 0.246. The van der Waals surface area contributed by atoms with E-state index in [2.05, 4.69) is 4.72 Å². The van der Waals surface area contributed by atoms with Crippen LogP contribution >= 0.6 is 12.4 Å². The Balaban J connectivity index is 0.00000272. The lowest BCUT2D eigenvalue weighted by Gasteiger charge is -2.14. The van der Waals surface area contributed by atoms with Gasteiger partial charge in [0.05, 0.1) is 10.6 Å². The Kier molecular flexibility index (Phi) is 7.17. The second-order valence-corrected chi connectivity index (χ2v) is 8.64. The number of hydrogen-bond acceptors (Lipinski definition) is 4. The fraction of sp³-hybridized carbons (Fsp3) is 0.0833. The monoisotopic (exact) mass is 454 g/mol. The molecule has 0 aliphatic heterocycles. The highest BCUT2D eigenvalue weighted by Crippen LogP contribution is 2.27. The molecule has 4 aromatic rings. The molecule has 0 fully saturated rings. The van der Waals surface area contributed by atoms with Crippen LogP contribution in [0.25, 0.3) is 10.8 Å². The number of nitrogens with one attached hydrogen (secondary N) is 1. The molecule has 0 spiro atoms. The number of fused-ring (bicyclic) bond motifs is 1. The van der Waals surface area contributed by atoms with Crippen molar-refractivity contribution in [3.8, 4) is 5.75 Å². The topological polar surface area (TPSA) is 81.4 Å². The molecule has 0 heterocycles. The molecule has 0 unspecified atom stereocenters. The average Bonchev–Trinajstić information content (AvgIpc) is 2.78. The number of nitrogens with two attached hydrogens (primary N) is 1. The van der Waals surface area contributed by atoms with Crippen LogP contribution in [-0.4, -0.2) is 8.42 Å². The quantitative estimate of drug-likeness (QED) is 0.389.